The largest absolute Gasteiger partial charge is 0.350 e. The fraction of sp³-hybridized carbons (Fsp3) is 0.348. The van der Waals surface area contributed by atoms with Gasteiger partial charge in [-0.1, -0.05) is 12.1 Å². The number of aryl methyl sites for hydroxylation is 1. The molecule has 2 heterocycles. The number of nitrogens with zero attached hydrogens (tertiary/aromatic N) is 5. The van der Waals surface area contributed by atoms with E-state index in [4.69, 9.17) is 5.26 Å². The number of nitriles is 1. The summed E-state index contributed by atoms with van der Waals surface area (Å²) in [4.78, 5) is 21.5. The number of anilines is 2. The zero-order valence-corrected chi connectivity index (χ0v) is 17.3. The van der Waals surface area contributed by atoms with Crippen LogP contribution in [-0.4, -0.2) is 32.2 Å². The molecule has 2 aliphatic carbocycles. The van der Waals surface area contributed by atoms with Crippen LogP contribution in [0.1, 0.15) is 47.6 Å². The summed E-state index contributed by atoms with van der Waals surface area (Å²) in [7, 11) is 0. The summed E-state index contributed by atoms with van der Waals surface area (Å²) in [5, 5.41) is 19.6. The van der Waals surface area contributed by atoms with Crippen molar-refractivity contribution in [2.45, 2.75) is 38.6 Å². The minimum atomic E-state index is -0.355. The SMILES string of the molecule is Cc1cnc(Nc2cnn(C3CC3)c2)nc1-c1ccc(C(=O)NCC2(C#N)CC2)cc1. The van der Waals surface area contributed by atoms with E-state index in [1.165, 1.54) is 12.8 Å². The lowest BCUT2D eigenvalue weighted by atomic mass is 10.1. The Morgan fingerprint density at radius 1 is 1.26 bits per heavy atom. The highest BCUT2D eigenvalue weighted by atomic mass is 16.1. The molecule has 2 N–H and O–H groups in total. The van der Waals surface area contributed by atoms with Crippen LogP contribution < -0.4 is 10.6 Å². The number of aromatic nitrogens is 4. The Bertz CT molecular complexity index is 1170. The van der Waals surface area contributed by atoms with Crippen molar-refractivity contribution >= 4 is 17.5 Å². The molecular weight excluding hydrogens is 390 g/mol. The second-order valence-electron chi connectivity index (χ2n) is 8.44. The van der Waals surface area contributed by atoms with Gasteiger partial charge >= 0.3 is 0 Å². The Morgan fingerprint density at radius 3 is 2.71 bits per heavy atom. The summed E-state index contributed by atoms with van der Waals surface area (Å²) in [6, 6.07) is 10.1. The van der Waals surface area contributed by atoms with Gasteiger partial charge in [-0.05, 0) is 50.3 Å². The van der Waals surface area contributed by atoms with Crippen LogP contribution in [0.15, 0.2) is 42.9 Å². The van der Waals surface area contributed by atoms with Gasteiger partial charge in [0.15, 0.2) is 0 Å². The lowest BCUT2D eigenvalue weighted by Crippen LogP contribution is -2.29. The van der Waals surface area contributed by atoms with Crippen LogP contribution in [0.2, 0.25) is 0 Å². The van der Waals surface area contributed by atoms with E-state index < -0.39 is 0 Å². The van der Waals surface area contributed by atoms with E-state index in [-0.39, 0.29) is 11.3 Å². The lowest BCUT2D eigenvalue weighted by molar-refractivity contribution is 0.0948. The van der Waals surface area contributed by atoms with Gasteiger partial charge in [-0.2, -0.15) is 10.4 Å². The second-order valence-corrected chi connectivity index (χ2v) is 8.44. The molecular formula is C23H23N7O. The maximum absolute atomic E-state index is 12.4. The average molecular weight is 413 g/mol. The molecule has 0 unspecified atom stereocenters. The van der Waals surface area contributed by atoms with Gasteiger partial charge in [0.05, 0.1) is 35.1 Å². The monoisotopic (exact) mass is 413 g/mol. The number of carbonyl (C=O) groups excluding carboxylic acids is 1. The van der Waals surface area contributed by atoms with Crippen LogP contribution in [0.5, 0.6) is 0 Å². The first-order valence-electron chi connectivity index (χ1n) is 10.5. The number of hydrogen-bond donors (Lipinski definition) is 2. The van der Waals surface area contributed by atoms with Crippen molar-refractivity contribution in [3.05, 3.63) is 54.0 Å². The molecule has 2 aliphatic rings. The average Bonchev–Trinajstić information content (AvgIpc) is 3.73. The summed E-state index contributed by atoms with van der Waals surface area (Å²) in [6.45, 7) is 2.36. The zero-order chi connectivity index (χ0) is 21.4. The molecule has 0 spiro atoms. The molecule has 2 aromatic heterocycles. The van der Waals surface area contributed by atoms with Crippen molar-refractivity contribution in [1.29, 1.82) is 5.26 Å². The third kappa shape index (κ3) is 4.12. The Morgan fingerprint density at radius 2 is 2.03 bits per heavy atom. The van der Waals surface area contributed by atoms with Crippen LogP contribution in [0.4, 0.5) is 11.6 Å². The van der Waals surface area contributed by atoms with Gasteiger partial charge in [-0.15, -0.1) is 0 Å². The Kier molecular flexibility index (Phi) is 4.66. The maximum Gasteiger partial charge on any atom is 0.251 e. The van der Waals surface area contributed by atoms with Gasteiger partial charge in [0.25, 0.3) is 5.91 Å². The van der Waals surface area contributed by atoms with E-state index in [1.807, 2.05) is 29.9 Å². The fourth-order valence-corrected chi connectivity index (χ4v) is 3.47. The van der Waals surface area contributed by atoms with E-state index in [0.717, 1.165) is 35.3 Å². The standard InChI is InChI=1S/C23H23N7O/c1-15-10-25-22(28-18-11-27-30(12-18)19-6-7-19)29-20(15)16-2-4-17(5-3-16)21(31)26-14-23(13-24)8-9-23/h2-5,10-12,19H,6-9,14H2,1H3,(H,26,31)(H,25,28,29). The van der Waals surface area contributed by atoms with Crippen LogP contribution in [0, 0.1) is 23.7 Å². The number of hydrogen-bond acceptors (Lipinski definition) is 6. The molecule has 156 valence electrons. The van der Waals surface area contributed by atoms with Gasteiger partial charge in [-0.25, -0.2) is 9.97 Å². The smallest absolute Gasteiger partial charge is 0.251 e. The van der Waals surface area contributed by atoms with Crippen LogP contribution in [0.3, 0.4) is 0 Å². The first kappa shape index (κ1) is 19.2. The van der Waals surface area contributed by atoms with Gasteiger partial charge < -0.3 is 10.6 Å². The van der Waals surface area contributed by atoms with Gasteiger partial charge in [-0.3, -0.25) is 9.48 Å². The van der Waals surface area contributed by atoms with Gasteiger partial charge in [0.1, 0.15) is 0 Å². The molecule has 3 aromatic rings. The maximum atomic E-state index is 12.4. The minimum Gasteiger partial charge on any atom is -0.350 e. The summed E-state index contributed by atoms with van der Waals surface area (Å²) in [5.74, 6) is 0.339. The lowest BCUT2D eigenvalue weighted by Gasteiger charge is -2.10. The topological polar surface area (TPSA) is 109 Å². The van der Waals surface area contributed by atoms with Crippen molar-refractivity contribution in [1.82, 2.24) is 25.1 Å². The molecule has 0 bridgehead atoms. The molecule has 0 radical (unpaired) electrons. The van der Waals surface area contributed by atoms with Crippen molar-refractivity contribution in [2.24, 2.45) is 5.41 Å². The third-order valence-corrected chi connectivity index (χ3v) is 5.85. The first-order chi connectivity index (χ1) is 15.0. The van der Waals surface area contributed by atoms with E-state index in [2.05, 4.69) is 31.8 Å². The van der Waals surface area contributed by atoms with Crippen LogP contribution >= 0.6 is 0 Å². The molecule has 2 saturated carbocycles. The summed E-state index contributed by atoms with van der Waals surface area (Å²) < 4.78 is 1.98. The summed E-state index contributed by atoms with van der Waals surface area (Å²) in [6.07, 6.45) is 9.62. The Labute approximate surface area is 180 Å². The molecule has 5 rings (SSSR count). The highest BCUT2D eigenvalue weighted by Gasteiger charge is 2.43. The van der Waals surface area contributed by atoms with Crippen LogP contribution in [0.25, 0.3) is 11.3 Å². The number of amides is 1. The summed E-state index contributed by atoms with van der Waals surface area (Å²) in [5.41, 5.74) is 3.73. The van der Waals surface area contributed by atoms with Gasteiger partial charge in [0, 0.05) is 30.1 Å². The predicted molar refractivity (Wildman–Crippen MR) is 116 cm³/mol. The zero-order valence-electron chi connectivity index (χ0n) is 17.3. The number of rotatable bonds is 7. The quantitative estimate of drug-likeness (QED) is 0.610. The Balaban J connectivity index is 1.29. The predicted octanol–water partition coefficient (Wildman–Crippen LogP) is 3.76. The van der Waals surface area contributed by atoms with E-state index in [1.54, 1.807) is 24.5 Å². The highest BCUT2D eigenvalue weighted by molar-refractivity contribution is 5.94. The third-order valence-electron chi connectivity index (χ3n) is 5.85. The molecule has 8 heteroatoms. The van der Waals surface area contributed by atoms with Crippen molar-refractivity contribution in [2.75, 3.05) is 11.9 Å². The molecule has 2 fully saturated rings. The van der Waals surface area contributed by atoms with E-state index in [9.17, 15) is 4.79 Å². The minimum absolute atomic E-state index is 0.164. The molecule has 0 aliphatic heterocycles. The van der Waals surface area contributed by atoms with Crippen molar-refractivity contribution < 1.29 is 4.79 Å². The number of benzene rings is 1. The van der Waals surface area contributed by atoms with E-state index >= 15 is 0 Å². The number of nitrogens with one attached hydrogen (secondary N) is 2. The fourth-order valence-electron chi connectivity index (χ4n) is 3.47. The molecule has 1 amide bonds. The number of carbonyl (C=O) groups is 1. The van der Waals surface area contributed by atoms with E-state index in [0.29, 0.717) is 24.1 Å². The van der Waals surface area contributed by atoms with Crippen LogP contribution in [-0.2, 0) is 0 Å². The van der Waals surface area contributed by atoms with Gasteiger partial charge in [0.2, 0.25) is 5.95 Å². The molecule has 1 aromatic carbocycles. The van der Waals surface area contributed by atoms with Crippen molar-refractivity contribution in [3.63, 3.8) is 0 Å². The Hall–Kier alpha value is -3.73. The molecule has 8 nitrogen and oxygen atoms in total. The van der Waals surface area contributed by atoms with Crippen molar-refractivity contribution in [3.8, 4) is 17.3 Å². The molecule has 0 atom stereocenters. The normalized spacial score (nSPS) is 16.4. The second kappa shape index (κ2) is 7.51. The first-order valence-corrected chi connectivity index (χ1v) is 10.5. The molecule has 0 saturated heterocycles. The highest BCUT2D eigenvalue weighted by Crippen LogP contribution is 2.44. The molecule has 31 heavy (non-hydrogen) atoms. The summed E-state index contributed by atoms with van der Waals surface area (Å²) >= 11 is 0.